The maximum atomic E-state index is 13.0. The van der Waals surface area contributed by atoms with Gasteiger partial charge in [0.1, 0.15) is 18.2 Å². The molecule has 21 heavy (non-hydrogen) atoms. The standard InChI is InChI=1S/C16H17FN2O2/c1-11(2)19-16(20)12-6-7-14(18-9-12)10-21-15-5-3-4-13(17)8-15/h3-9,11H,10H2,1-2H3,(H,19,20). The van der Waals surface area contributed by atoms with Crippen molar-refractivity contribution in [1.29, 1.82) is 0 Å². The van der Waals surface area contributed by atoms with E-state index < -0.39 is 0 Å². The number of carbonyl (C=O) groups excluding carboxylic acids is 1. The molecule has 0 fully saturated rings. The summed E-state index contributed by atoms with van der Waals surface area (Å²) in [5, 5.41) is 2.79. The van der Waals surface area contributed by atoms with Crippen LogP contribution in [0.4, 0.5) is 4.39 Å². The lowest BCUT2D eigenvalue weighted by Crippen LogP contribution is -2.30. The minimum absolute atomic E-state index is 0.0773. The fourth-order valence-corrected chi connectivity index (χ4v) is 1.70. The molecular formula is C16H17FN2O2. The molecule has 2 aromatic rings. The number of carbonyl (C=O) groups is 1. The zero-order valence-corrected chi connectivity index (χ0v) is 12.0. The van der Waals surface area contributed by atoms with Gasteiger partial charge in [-0.15, -0.1) is 0 Å². The number of pyridine rings is 1. The molecular weight excluding hydrogens is 271 g/mol. The first-order valence-corrected chi connectivity index (χ1v) is 6.69. The van der Waals surface area contributed by atoms with E-state index >= 15 is 0 Å². The van der Waals surface area contributed by atoms with Gasteiger partial charge in [-0.05, 0) is 38.1 Å². The Morgan fingerprint density at radius 2 is 2.14 bits per heavy atom. The molecule has 4 nitrogen and oxygen atoms in total. The second kappa shape index (κ2) is 6.83. The van der Waals surface area contributed by atoms with Crippen LogP contribution in [0.2, 0.25) is 0 Å². The molecule has 0 aliphatic rings. The van der Waals surface area contributed by atoms with E-state index in [1.807, 2.05) is 13.8 Å². The Hall–Kier alpha value is -2.43. The number of halogens is 1. The van der Waals surface area contributed by atoms with Crippen LogP contribution in [0.5, 0.6) is 5.75 Å². The summed E-state index contributed by atoms with van der Waals surface area (Å²) >= 11 is 0. The van der Waals surface area contributed by atoms with Gasteiger partial charge in [-0.25, -0.2) is 4.39 Å². The van der Waals surface area contributed by atoms with Gasteiger partial charge >= 0.3 is 0 Å². The Kier molecular flexibility index (Phi) is 4.87. The first kappa shape index (κ1) is 15.0. The third-order valence-corrected chi connectivity index (χ3v) is 2.69. The van der Waals surface area contributed by atoms with Crippen molar-refractivity contribution in [2.24, 2.45) is 0 Å². The monoisotopic (exact) mass is 288 g/mol. The van der Waals surface area contributed by atoms with E-state index in [0.29, 0.717) is 17.0 Å². The van der Waals surface area contributed by atoms with Crippen molar-refractivity contribution in [3.05, 3.63) is 59.7 Å². The van der Waals surface area contributed by atoms with Crippen LogP contribution in [0.3, 0.4) is 0 Å². The van der Waals surface area contributed by atoms with Gasteiger partial charge in [-0.3, -0.25) is 9.78 Å². The van der Waals surface area contributed by atoms with Crippen molar-refractivity contribution >= 4 is 5.91 Å². The fraction of sp³-hybridized carbons (Fsp3) is 0.250. The van der Waals surface area contributed by atoms with E-state index in [2.05, 4.69) is 10.3 Å². The highest BCUT2D eigenvalue weighted by Crippen LogP contribution is 2.13. The van der Waals surface area contributed by atoms with Gasteiger partial charge in [0.25, 0.3) is 5.91 Å². The highest BCUT2D eigenvalue weighted by atomic mass is 19.1. The molecule has 0 spiro atoms. The lowest BCUT2D eigenvalue weighted by atomic mass is 10.2. The van der Waals surface area contributed by atoms with Crippen LogP contribution < -0.4 is 10.1 Å². The van der Waals surface area contributed by atoms with Crippen molar-refractivity contribution in [2.45, 2.75) is 26.5 Å². The van der Waals surface area contributed by atoms with E-state index in [-0.39, 0.29) is 24.4 Å². The summed E-state index contributed by atoms with van der Waals surface area (Å²) < 4.78 is 18.4. The topological polar surface area (TPSA) is 51.2 Å². The van der Waals surface area contributed by atoms with Gasteiger partial charge in [0.05, 0.1) is 11.3 Å². The van der Waals surface area contributed by atoms with Crippen molar-refractivity contribution < 1.29 is 13.9 Å². The number of aromatic nitrogens is 1. The van der Waals surface area contributed by atoms with Gasteiger partial charge in [0.2, 0.25) is 0 Å². The molecule has 1 aromatic carbocycles. The quantitative estimate of drug-likeness (QED) is 0.920. The summed E-state index contributed by atoms with van der Waals surface area (Å²) in [5.41, 5.74) is 1.17. The van der Waals surface area contributed by atoms with Crippen molar-refractivity contribution in [3.8, 4) is 5.75 Å². The molecule has 0 saturated heterocycles. The maximum Gasteiger partial charge on any atom is 0.253 e. The number of nitrogens with zero attached hydrogens (tertiary/aromatic N) is 1. The van der Waals surface area contributed by atoms with Crippen LogP contribution in [0.15, 0.2) is 42.6 Å². The largest absolute Gasteiger partial charge is 0.487 e. The molecule has 0 saturated carbocycles. The lowest BCUT2D eigenvalue weighted by molar-refractivity contribution is 0.0942. The van der Waals surface area contributed by atoms with Crippen molar-refractivity contribution in [1.82, 2.24) is 10.3 Å². The number of nitrogens with one attached hydrogen (secondary N) is 1. The molecule has 0 atom stereocenters. The minimum Gasteiger partial charge on any atom is -0.487 e. The first-order chi connectivity index (χ1) is 10.0. The highest BCUT2D eigenvalue weighted by Gasteiger charge is 2.07. The second-order valence-electron chi connectivity index (χ2n) is 4.91. The van der Waals surface area contributed by atoms with Crippen molar-refractivity contribution in [3.63, 3.8) is 0 Å². The molecule has 0 aliphatic carbocycles. The summed E-state index contributed by atoms with van der Waals surface area (Å²) in [7, 11) is 0. The number of amides is 1. The van der Waals surface area contributed by atoms with Gasteiger partial charge in [0, 0.05) is 18.3 Å². The summed E-state index contributed by atoms with van der Waals surface area (Å²) in [6.45, 7) is 4.01. The lowest BCUT2D eigenvalue weighted by Gasteiger charge is -2.09. The Morgan fingerprint density at radius 1 is 1.33 bits per heavy atom. The van der Waals surface area contributed by atoms with E-state index in [9.17, 15) is 9.18 Å². The molecule has 1 heterocycles. The van der Waals surface area contributed by atoms with E-state index in [0.717, 1.165) is 0 Å². The van der Waals surface area contributed by atoms with Crippen LogP contribution in [0.25, 0.3) is 0 Å². The summed E-state index contributed by atoms with van der Waals surface area (Å²) in [6.07, 6.45) is 1.50. The molecule has 2 rings (SSSR count). The molecule has 5 heteroatoms. The molecule has 1 amide bonds. The van der Waals surface area contributed by atoms with Gasteiger partial charge in [-0.2, -0.15) is 0 Å². The van der Waals surface area contributed by atoms with Crippen LogP contribution in [0, 0.1) is 5.82 Å². The van der Waals surface area contributed by atoms with Crippen LogP contribution in [-0.4, -0.2) is 16.9 Å². The second-order valence-corrected chi connectivity index (χ2v) is 4.91. The number of rotatable bonds is 5. The smallest absolute Gasteiger partial charge is 0.253 e. The van der Waals surface area contributed by atoms with Crippen LogP contribution >= 0.6 is 0 Å². The Morgan fingerprint density at radius 3 is 2.76 bits per heavy atom. The van der Waals surface area contributed by atoms with Crippen LogP contribution in [0.1, 0.15) is 29.9 Å². The van der Waals surface area contributed by atoms with Crippen LogP contribution in [-0.2, 0) is 6.61 Å². The number of ether oxygens (including phenoxy) is 1. The number of hydrogen-bond donors (Lipinski definition) is 1. The van der Waals surface area contributed by atoms with E-state index in [1.165, 1.54) is 18.3 Å². The Balaban J connectivity index is 1.95. The third kappa shape index (κ3) is 4.56. The predicted molar refractivity (Wildman–Crippen MR) is 77.6 cm³/mol. The number of hydrogen-bond acceptors (Lipinski definition) is 3. The molecule has 1 aromatic heterocycles. The molecule has 1 N–H and O–H groups in total. The SMILES string of the molecule is CC(C)NC(=O)c1ccc(COc2cccc(F)c2)nc1. The first-order valence-electron chi connectivity index (χ1n) is 6.69. The fourth-order valence-electron chi connectivity index (χ4n) is 1.70. The predicted octanol–water partition coefficient (Wildman–Crippen LogP) is 2.94. The third-order valence-electron chi connectivity index (χ3n) is 2.69. The highest BCUT2D eigenvalue weighted by molar-refractivity contribution is 5.93. The van der Waals surface area contributed by atoms with Gasteiger partial charge in [-0.1, -0.05) is 6.07 Å². The van der Waals surface area contributed by atoms with Gasteiger partial charge < -0.3 is 10.1 Å². The average molecular weight is 288 g/mol. The Bertz CT molecular complexity index is 612. The Labute approximate surface area is 123 Å². The average Bonchev–Trinajstić information content (AvgIpc) is 2.45. The molecule has 110 valence electrons. The summed E-state index contributed by atoms with van der Waals surface area (Å²) in [4.78, 5) is 15.9. The summed E-state index contributed by atoms with van der Waals surface area (Å²) in [5.74, 6) is -0.0605. The molecule has 0 unspecified atom stereocenters. The zero-order chi connectivity index (χ0) is 15.2. The van der Waals surface area contributed by atoms with Gasteiger partial charge in [0.15, 0.2) is 0 Å². The maximum absolute atomic E-state index is 13.0. The molecule has 0 aliphatic heterocycles. The van der Waals surface area contributed by atoms with Crippen molar-refractivity contribution in [2.75, 3.05) is 0 Å². The van der Waals surface area contributed by atoms with E-state index in [4.69, 9.17) is 4.74 Å². The molecule has 0 radical (unpaired) electrons. The summed E-state index contributed by atoms with van der Waals surface area (Å²) in [6, 6.07) is 9.40. The van der Waals surface area contributed by atoms with E-state index in [1.54, 1.807) is 24.3 Å². The number of benzene rings is 1. The molecule has 0 bridgehead atoms. The minimum atomic E-state index is -0.346. The zero-order valence-electron chi connectivity index (χ0n) is 12.0. The normalized spacial score (nSPS) is 10.5.